The van der Waals surface area contributed by atoms with Crippen molar-refractivity contribution in [2.45, 2.75) is 13.0 Å². The van der Waals surface area contributed by atoms with Gasteiger partial charge < -0.3 is 9.47 Å². The molecule has 5 nitrogen and oxygen atoms in total. The first kappa shape index (κ1) is 18.0. The monoisotopic (exact) mass is 386 g/mol. The highest BCUT2D eigenvalue weighted by molar-refractivity contribution is 5.70. The lowest BCUT2D eigenvalue weighted by Gasteiger charge is -2.08. The van der Waals surface area contributed by atoms with E-state index < -0.39 is 6.36 Å². The molecule has 1 aliphatic heterocycles. The van der Waals surface area contributed by atoms with Crippen LogP contribution in [0.4, 0.5) is 18.9 Å². The summed E-state index contributed by atoms with van der Waals surface area (Å²) in [7, 11) is 1.78. The number of hydrogen-bond donors (Lipinski definition) is 0. The third-order valence-corrected chi connectivity index (χ3v) is 4.22. The van der Waals surface area contributed by atoms with E-state index in [4.69, 9.17) is 4.74 Å². The summed E-state index contributed by atoms with van der Waals surface area (Å²) in [6.07, 6.45) is -1.04. The van der Waals surface area contributed by atoms with Crippen molar-refractivity contribution in [3.63, 3.8) is 0 Å². The van der Waals surface area contributed by atoms with E-state index in [1.807, 2.05) is 30.3 Å². The maximum atomic E-state index is 12.3. The lowest BCUT2D eigenvalue weighted by Crippen LogP contribution is -2.16. The number of halogens is 3. The van der Waals surface area contributed by atoms with Crippen molar-refractivity contribution in [2.24, 2.45) is 7.05 Å². The molecule has 0 bridgehead atoms. The molecule has 0 spiro atoms. The van der Waals surface area contributed by atoms with Crippen LogP contribution in [0, 0.1) is 0 Å². The molecule has 0 saturated heterocycles. The predicted octanol–water partition coefficient (Wildman–Crippen LogP) is 4.78. The summed E-state index contributed by atoms with van der Waals surface area (Å²) in [4.78, 5) is 0. The van der Waals surface area contributed by atoms with E-state index in [2.05, 4.69) is 15.2 Å². The van der Waals surface area contributed by atoms with E-state index in [1.54, 1.807) is 17.9 Å². The summed E-state index contributed by atoms with van der Waals surface area (Å²) in [6.45, 7) is 0.297. The van der Waals surface area contributed by atoms with E-state index in [9.17, 15) is 13.2 Å². The number of rotatable bonds is 5. The van der Waals surface area contributed by atoms with Gasteiger partial charge >= 0.3 is 6.36 Å². The molecule has 0 aliphatic carbocycles. The fourth-order valence-corrected chi connectivity index (χ4v) is 2.83. The Morgan fingerprint density at radius 3 is 2.50 bits per heavy atom. The SMILES string of the molecule is Cn1nc(-c2ccc(OC(F)(F)F)cc2)cc1COc1ccc2c(c1)[N]C=C2. The van der Waals surface area contributed by atoms with Crippen molar-refractivity contribution in [2.75, 3.05) is 0 Å². The Morgan fingerprint density at radius 2 is 1.75 bits per heavy atom. The number of benzene rings is 2. The molecule has 4 rings (SSSR count). The molecular formula is C20H15F3N3O2. The number of aromatic nitrogens is 2. The number of fused-ring (bicyclic) bond motifs is 1. The topological polar surface area (TPSA) is 50.4 Å². The summed E-state index contributed by atoms with van der Waals surface area (Å²) in [6, 6.07) is 13.1. The van der Waals surface area contributed by atoms with Crippen molar-refractivity contribution in [1.29, 1.82) is 0 Å². The molecule has 0 saturated carbocycles. The molecule has 0 unspecified atom stereocenters. The first-order valence-electron chi connectivity index (χ1n) is 8.41. The van der Waals surface area contributed by atoms with Crippen LogP contribution in [0.5, 0.6) is 11.5 Å². The highest BCUT2D eigenvalue weighted by Crippen LogP contribution is 2.29. The average Bonchev–Trinajstić information content (AvgIpc) is 3.25. The minimum atomic E-state index is -4.71. The summed E-state index contributed by atoms with van der Waals surface area (Å²) in [5.41, 5.74) is 4.05. The zero-order valence-corrected chi connectivity index (χ0v) is 14.8. The van der Waals surface area contributed by atoms with Crippen LogP contribution in [-0.4, -0.2) is 16.1 Å². The summed E-state index contributed by atoms with van der Waals surface area (Å²) >= 11 is 0. The van der Waals surface area contributed by atoms with Gasteiger partial charge in [0.15, 0.2) is 0 Å². The van der Waals surface area contributed by atoms with Crippen LogP contribution in [0.3, 0.4) is 0 Å². The Morgan fingerprint density at radius 1 is 1.00 bits per heavy atom. The lowest BCUT2D eigenvalue weighted by atomic mass is 10.1. The molecule has 0 amide bonds. The van der Waals surface area contributed by atoms with Gasteiger partial charge in [0.1, 0.15) is 18.1 Å². The quantitative estimate of drug-likeness (QED) is 0.634. The van der Waals surface area contributed by atoms with Gasteiger partial charge in [-0.3, -0.25) is 10.00 Å². The largest absolute Gasteiger partial charge is 0.573 e. The Kier molecular flexibility index (Phi) is 4.46. The zero-order valence-electron chi connectivity index (χ0n) is 14.8. The molecule has 3 aromatic rings. The molecule has 2 aromatic carbocycles. The summed E-state index contributed by atoms with van der Waals surface area (Å²) in [5, 5.41) is 8.65. The standard InChI is InChI=1S/C20H15F3N3O2/c1-26-15(12-27-17-7-4-14-8-9-24-18(14)11-17)10-19(25-26)13-2-5-16(6-3-13)28-20(21,22)23/h2-11H,12H2,1H3. The highest BCUT2D eigenvalue weighted by Gasteiger charge is 2.31. The molecule has 1 aromatic heterocycles. The zero-order chi connectivity index (χ0) is 19.7. The predicted molar refractivity (Wildman–Crippen MR) is 96.9 cm³/mol. The number of nitrogens with zero attached hydrogens (tertiary/aromatic N) is 3. The fourth-order valence-electron chi connectivity index (χ4n) is 2.83. The van der Waals surface area contributed by atoms with Gasteiger partial charge in [-0.2, -0.15) is 5.10 Å². The fraction of sp³-hybridized carbons (Fsp3) is 0.150. The van der Waals surface area contributed by atoms with Gasteiger partial charge in [-0.25, -0.2) is 0 Å². The second-order valence-electron chi connectivity index (χ2n) is 6.17. The Balaban J connectivity index is 1.45. The van der Waals surface area contributed by atoms with Crippen molar-refractivity contribution in [1.82, 2.24) is 15.1 Å². The highest BCUT2D eigenvalue weighted by atomic mass is 19.4. The smallest absolute Gasteiger partial charge is 0.487 e. The first-order valence-corrected chi connectivity index (χ1v) is 8.41. The Hall–Kier alpha value is -3.42. The van der Waals surface area contributed by atoms with E-state index in [0.717, 1.165) is 16.9 Å². The minimum Gasteiger partial charge on any atom is -0.487 e. The third-order valence-electron chi connectivity index (χ3n) is 4.22. The van der Waals surface area contributed by atoms with Crippen molar-refractivity contribution in [3.8, 4) is 22.8 Å². The van der Waals surface area contributed by atoms with E-state index in [-0.39, 0.29) is 5.75 Å². The normalized spacial score (nSPS) is 12.6. The number of hydrogen-bond acceptors (Lipinski definition) is 3. The van der Waals surface area contributed by atoms with E-state index in [1.165, 1.54) is 24.3 Å². The number of alkyl halides is 3. The van der Waals surface area contributed by atoms with Crippen LogP contribution in [0.25, 0.3) is 17.3 Å². The van der Waals surface area contributed by atoms with E-state index >= 15 is 0 Å². The minimum absolute atomic E-state index is 0.271. The Bertz CT molecular complexity index is 1020. The molecule has 1 radical (unpaired) electrons. The van der Waals surface area contributed by atoms with Gasteiger partial charge in [0.25, 0.3) is 0 Å². The molecule has 143 valence electrons. The molecule has 1 aliphatic rings. The molecule has 0 fully saturated rings. The first-order chi connectivity index (χ1) is 13.4. The van der Waals surface area contributed by atoms with Gasteiger partial charge in [0.2, 0.25) is 0 Å². The second-order valence-corrected chi connectivity index (χ2v) is 6.17. The van der Waals surface area contributed by atoms with Crippen molar-refractivity contribution in [3.05, 3.63) is 66.0 Å². The molecule has 2 heterocycles. The van der Waals surface area contributed by atoms with Crippen molar-refractivity contribution >= 4 is 11.8 Å². The summed E-state index contributed by atoms with van der Waals surface area (Å²) in [5.74, 6) is 0.426. The van der Waals surface area contributed by atoms with Crippen LogP contribution >= 0.6 is 0 Å². The molecular weight excluding hydrogens is 371 g/mol. The maximum Gasteiger partial charge on any atom is 0.573 e. The average molecular weight is 386 g/mol. The third kappa shape index (κ3) is 3.95. The lowest BCUT2D eigenvalue weighted by molar-refractivity contribution is -0.274. The van der Waals surface area contributed by atoms with Crippen LogP contribution in [0.15, 0.2) is 54.7 Å². The van der Waals surface area contributed by atoms with Gasteiger partial charge in [-0.1, -0.05) is 0 Å². The second kappa shape index (κ2) is 6.95. The van der Waals surface area contributed by atoms with Gasteiger partial charge in [0, 0.05) is 30.4 Å². The van der Waals surface area contributed by atoms with Crippen LogP contribution < -0.4 is 14.8 Å². The Labute approximate surface area is 159 Å². The number of ether oxygens (including phenoxy) is 2. The van der Waals surface area contributed by atoms with Gasteiger partial charge in [-0.05, 0) is 48.5 Å². The molecule has 0 atom stereocenters. The molecule has 0 N–H and O–H groups in total. The molecule has 8 heteroatoms. The van der Waals surface area contributed by atoms with E-state index in [0.29, 0.717) is 23.6 Å². The number of aryl methyl sites for hydroxylation is 1. The van der Waals surface area contributed by atoms with Gasteiger partial charge in [-0.15, -0.1) is 13.2 Å². The van der Waals surface area contributed by atoms with Gasteiger partial charge in [0.05, 0.1) is 17.1 Å². The van der Waals surface area contributed by atoms with Crippen LogP contribution in [0.2, 0.25) is 0 Å². The maximum absolute atomic E-state index is 12.3. The summed E-state index contributed by atoms with van der Waals surface area (Å²) < 4.78 is 48.2. The van der Waals surface area contributed by atoms with Crippen molar-refractivity contribution < 1.29 is 22.6 Å². The van der Waals surface area contributed by atoms with Crippen LogP contribution in [-0.2, 0) is 13.7 Å². The van der Waals surface area contributed by atoms with Crippen LogP contribution in [0.1, 0.15) is 11.3 Å². The molecule has 28 heavy (non-hydrogen) atoms.